The summed E-state index contributed by atoms with van der Waals surface area (Å²) in [6, 6.07) is 83.0. The van der Waals surface area contributed by atoms with Crippen molar-refractivity contribution in [2.45, 2.75) is 0 Å². The molecule has 56 heavy (non-hydrogen) atoms. The van der Waals surface area contributed by atoms with E-state index in [0.29, 0.717) is 0 Å². The van der Waals surface area contributed by atoms with E-state index >= 15 is 0 Å². The number of fused-ring (bicyclic) bond motifs is 3. The van der Waals surface area contributed by atoms with Crippen LogP contribution in [-0.2, 0) is 0 Å². The number of rotatable bonds is 8. The van der Waals surface area contributed by atoms with E-state index in [1.165, 1.54) is 60.8 Å². The molecule has 0 spiro atoms. The zero-order valence-corrected chi connectivity index (χ0v) is 30.8. The molecule has 0 radical (unpaired) electrons. The Morgan fingerprint density at radius 1 is 0.304 bits per heavy atom. The molecule has 0 unspecified atom stereocenters. The van der Waals surface area contributed by atoms with Crippen molar-refractivity contribution in [3.63, 3.8) is 0 Å². The number of benzene rings is 9. The standard InChI is InChI=1S/C54H38N2/c1-4-17-39(18-5-1)40-33-35-46(36-34-40)55(51-30-12-10-27-48(51)41-19-6-2-7-20-41)47-26-15-22-43(38-47)42-21-14-23-44(37-42)49-29-16-32-53-54(49)50-28-11-13-31-52(50)56(53)45-24-8-3-9-25-45/h1-38H. The summed E-state index contributed by atoms with van der Waals surface area (Å²) < 4.78 is 2.38. The van der Waals surface area contributed by atoms with Crippen LogP contribution < -0.4 is 4.90 Å². The lowest BCUT2D eigenvalue weighted by atomic mass is 9.95. The molecule has 0 aliphatic carbocycles. The first-order chi connectivity index (χ1) is 27.8. The molecule has 0 bridgehead atoms. The Kier molecular flexibility index (Phi) is 8.55. The Labute approximate surface area is 327 Å². The number of anilines is 3. The quantitative estimate of drug-likeness (QED) is 0.152. The SMILES string of the molecule is c1ccc(-c2ccc(N(c3cccc(-c4cccc(-c5cccc6c5c5ccccc5n6-c5ccccc5)c4)c3)c3ccccc3-c3ccccc3)cc2)cc1. The van der Waals surface area contributed by atoms with Gasteiger partial charge in [0.2, 0.25) is 0 Å². The zero-order chi connectivity index (χ0) is 37.3. The molecule has 0 amide bonds. The smallest absolute Gasteiger partial charge is 0.0547 e. The lowest BCUT2D eigenvalue weighted by Crippen LogP contribution is -2.11. The molecule has 2 heteroatoms. The Morgan fingerprint density at radius 2 is 0.839 bits per heavy atom. The van der Waals surface area contributed by atoms with Crippen LogP contribution >= 0.6 is 0 Å². The summed E-state index contributed by atoms with van der Waals surface area (Å²) in [6.45, 7) is 0. The molecule has 0 fully saturated rings. The summed E-state index contributed by atoms with van der Waals surface area (Å²) in [5, 5.41) is 2.51. The number of para-hydroxylation sites is 3. The van der Waals surface area contributed by atoms with Gasteiger partial charge in [0.15, 0.2) is 0 Å². The lowest BCUT2D eigenvalue weighted by molar-refractivity contribution is 1.18. The van der Waals surface area contributed by atoms with Crippen LogP contribution in [0.4, 0.5) is 17.1 Å². The number of hydrogen-bond acceptors (Lipinski definition) is 1. The highest BCUT2D eigenvalue weighted by atomic mass is 15.1. The minimum absolute atomic E-state index is 1.09. The van der Waals surface area contributed by atoms with Crippen molar-refractivity contribution < 1.29 is 0 Å². The highest BCUT2D eigenvalue weighted by molar-refractivity contribution is 6.15. The van der Waals surface area contributed by atoms with Gasteiger partial charge in [-0.2, -0.15) is 0 Å². The molecular formula is C54H38N2. The average molecular weight is 715 g/mol. The van der Waals surface area contributed by atoms with Crippen molar-refractivity contribution in [2.24, 2.45) is 0 Å². The van der Waals surface area contributed by atoms with E-state index < -0.39 is 0 Å². The highest BCUT2D eigenvalue weighted by Gasteiger charge is 2.19. The molecule has 10 rings (SSSR count). The van der Waals surface area contributed by atoms with Crippen molar-refractivity contribution in [2.75, 3.05) is 4.90 Å². The fourth-order valence-electron chi connectivity index (χ4n) is 8.20. The third kappa shape index (κ3) is 6.04. The van der Waals surface area contributed by atoms with Gasteiger partial charge >= 0.3 is 0 Å². The largest absolute Gasteiger partial charge is 0.310 e. The van der Waals surface area contributed by atoms with Crippen LogP contribution in [-0.4, -0.2) is 4.57 Å². The second-order valence-corrected chi connectivity index (χ2v) is 14.2. The van der Waals surface area contributed by atoms with Gasteiger partial charge in [0.05, 0.1) is 16.7 Å². The van der Waals surface area contributed by atoms with Crippen LogP contribution in [0, 0.1) is 0 Å². The topological polar surface area (TPSA) is 8.17 Å². The average Bonchev–Trinajstić information content (AvgIpc) is 3.63. The predicted molar refractivity (Wildman–Crippen MR) is 237 cm³/mol. The van der Waals surface area contributed by atoms with E-state index in [2.05, 4.69) is 240 Å². The van der Waals surface area contributed by atoms with E-state index in [-0.39, 0.29) is 0 Å². The molecule has 0 saturated carbocycles. The van der Waals surface area contributed by atoms with Crippen molar-refractivity contribution in [1.29, 1.82) is 0 Å². The Balaban J connectivity index is 1.10. The molecule has 0 saturated heterocycles. The van der Waals surface area contributed by atoms with Crippen LogP contribution in [0.2, 0.25) is 0 Å². The van der Waals surface area contributed by atoms with Crippen molar-refractivity contribution >= 4 is 38.9 Å². The lowest BCUT2D eigenvalue weighted by Gasteiger charge is -2.28. The number of hydrogen-bond donors (Lipinski definition) is 0. The van der Waals surface area contributed by atoms with Crippen LogP contribution in [0.3, 0.4) is 0 Å². The van der Waals surface area contributed by atoms with Crippen LogP contribution in [0.1, 0.15) is 0 Å². The van der Waals surface area contributed by atoms with Crippen LogP contribution in [0.25, 0.3) is 72.0 Å². The fraction of sp³-hybridized carbons (Fsp3) is 0. The normalized spacial score (nSPS) is 11.2. The third-order valence-electron chi connectivity index (χ3n) is 10.8. The minimum Gasteiger partial charge on any atom is -0.310 e. The maximum Gasteiger partial charge on any atom is 0.0547 e. The van der Waals surface area contributed by atoms with Gasteiger partial charge in [-0.3, -0.25) is 0 Å². The van der Waals surface area contributed by atoms with Gasteiger partial charge < -0.3 is 9.47 Å². The number of aromatic nitrogens is 1. The summed E-state index contributed by atoms with van der Waals surface area (Å²) in [4.78, 5) is 2.39. The summed E-state index contributed by atoms with van der Waals surface area (Å²) >= 11 is 0. The molecule has 0 aliphatic rings. The molecule has 1 heterocycles. The number of nitrogens with zero attached hydrogens (tertiary/aromatic N) is 2. The Bertz CT molecular complexity index is 2940. The zero-order valence-electron chi connectivity index (χ0n) is 30.8. The monoisotopic (exact) mass is 714 g/mol. The van der Waals surface area contributed by atoms with Gasteiger partial charge in [-0.1, -0.05) is 170 Å². The maximum absolute atomic E-state index is 2.39. The van der Waals surface area contributed by atoms with Gasteiger partial charge in [0.25, 0.3) is 0 Å². The van der Waals surface area contributed by atoms with Gasteiger partial charge in [0, 0.05) is 33.4 Å². The highest BCUT2D eigenvalue weighted by Crippen LogP contribution is 2.43. The van der Waals surface area contributed by atoms with E-state index in [4.69, 9.17) is 0 Å². The molecule has 264 valence electrons. The molecule has 0 N–H and O–H groups in total. The second-order valence-electron chi connectivity index (χ2n) is 14.2. The van der Waals surface area contributed by atoms with E-state index in [1.807, 2.05) is 0 Å². The maximum atomic E-state index is 2.39. The summed E-state index contributed by atoms with van der Waals surface area (Å²) in [7, 11) is 0. The summed E-state index contributed by atoms with van der Waals surface area (Å²) in [5.41, 5.74) is 16.4. The predicted octanol–water partition coefficient (Wildman–Crippen LogP) is 14.9. The Hall–Kier alpha value is -7.42. The van der Waals surface area contributed by atoms with E-state index in [9.17, 15) is 0 Å². The fourth-order valence-corrected chi connectivity index (χ4v) is 8.20. The minimum atomic E-state index is 1.09. The Morgan fingerprint density at radius 3 is 1.62 bits per heavy atom. The molecule has 2 nitrogen and oxygen atoms in total. The van der Waals surface area contributed by atoms with Gasteiger partial charge in [-0.05, 0) is 99.6 Å². The van der Waals surface area contributed by atoms with Gasteiger partial charge in [0.1, 0.15) is 0 Å². The van der Waals surface area contributed by atoms with Crippen molar-refractivity contribution in [3.8, 4) is 50.2 Å². The molecule has 9 aromatic carbocycles. The molecule has 0 aliphatic heterocycles. The molecular weight excluding hydrogens is 677 g/mol. The molecule has 10 aromatic rings. The summed E-state index contributed by atoms with van der Waals surface area (Å²) in [6.07, 6.45) is 0. The van der Waals surface area contributed by atoms with Crippen molar-refractivity contribution in [3.05, 3.63) is 231 Å². The first-order valence-electron chi connectivity index (χ1n) is 19.2. The molecule has 1 aromatic heterocycles. The van der Waals surface area contributed by atoms with E-state index in [1.54, 1.807) is 0 Å². The van der Waals surface area contributed by atoms with Crippen LogP contribution in [0.5, 0.6) is 0 Å². The third-order valence-corrected chi connectivity index (χ3v) is 10.8. The van der Waals surface area contributed by atoms with Gasteiger partial charge in [-0.15, -0.1) is 0 Å². The molecule has 0 atom stereocenters. The van der Waals surface area contributed by atoms with E-state index in [0.717, 1.165) is 28.3 Å². The van der Waals surface area contributed by atoms with Gasteiger partial charge in [-0.25, -0.2) is 0 Å². The first kappa shape index (κ1) is 33.2. The van der Waals surface area contributed by atoms with Crippen molar-refractivity contribution in [1.82, 2.24) is 4.57 Å². The second kappa shape index (κ2) is 14.4. The first-order valence-corrected chi connectivity index (χ1v) is 19.2. The van der Waals surface area contributed by atoms with Crippen LogP contribution in [0.15, 0.2) is 231 Å². The summed E-state index contributed by atoms with van der Waals surface area (Å²) in [5.74, 6) is 0.